The Bertz CT molecular complexity index is 1060. The Balaban J connectivity index is 1.78. The molecule has 26 heavy (non-hydrogen) atoms. The number of fused-ring (bicyclic) bond motifs is 1. The molecule has 1 amide bonds. The van der Waals surface area contributed by atoms with Crippen molar-refractivity contribution in [2.24, 2.45) is 0 Å². The summed E-state index contributed by atoms with van der Waals surface area (Å²) < 4.78 is 1.29. The van der Waals surface area contributed by atoms with Gasteiger partial charge in [0.2, 0.25) is 5.91 Å². The summed E-state index contributed by atoms with van der Waals surface area (Å²) >= 11 is 0. The summed E-state index contributed by atoms with van der Waals surface area (Å²) in [6, 6.07) is 13.1. The summed E-state index contributed by atoms with van der Waals surface area (Å²) in [5, 5.41) is 14.1. The minimum Gasteiger partial charge on any atom is -0.350 e. The summed E-state index contributed by atoms with van der Waals surface area (Å²) in [7, 11) is 0. The number of rotatable bonds is 5. The van der Waals surface area contributed by atoms with Gasteiger partial charge in [0, 0.05) is 18.2 Å². The van der Waals surface area contributed by atoms with E-state index in [9.17, 15) is 19.7 Å². The molecule has 0 aliphatic carbocycles. The summed E-state index contributed by atoms with van der Waals surface area (Å²) in [6.45, 7) is 1.46. The van der Waals surface area contributed by atoms with Gasteiger partial charge >= 0.3 is 0 Å². The second-order valence-electron chi connectivity index (χ2n) is 5.73. The largest absolute Gasteiger partial charge is 0.350 e. The molecule has 0 aliphatic rings. The number of hydrogen-bond donors (Lipinski definition) is 1. The van der Waals surface area contributed by atoms with E-state index in [1.807, 2.05) is 0 Å². The average molecular weight is 352 g/mol. The van der Waals surface area contributed by atoms with Crippen LogP contribution in [0.15, 0.2) is 53.3 Å². The summed E-state index contributed by atoms with van der Waals surface area (Å²) in [6.07, 6.45) is 0. The third kappa shape index (κ3) is 3.44. The number of nitro groups is 1. The van der Waals surface area contributed by atoms with E-state index in [1.165, 1.54) is 10.6 Å². The average Bonchev–Trinajstić information content (AvgIpc) is 2.63. The Hall–Kier alpha value is -3.55. The highest BCUT2D eigenvalue weighted by atomic mass is 16.6. The van der Waals surface area contributed by atoms with E-state index in [2.05, 4.69) is 10.3 Å². The monoisotopic (exact) mass is 352 g/mol. The lowest BCUT2D eigenvalue weighted by Crippen LogP contribution is -2.33. The van der Waals surface area contributed by atoms with E-state index in [0.717, 1.165) is 0 Å². The second-order valence-corrected chi connectivity index (χ2v) is 5.73. The minimum absolute atomic E-state index is 0.00476. The first-order chi connectivity index (χ1) is 12.5. The first-order valence-corrected chi connectivity index (χ1v) is 7.92. The Morgan fingerprint density at radius 1 is 1.19 bits per heavy atom. The quantitative estimate of drug-likeness (QED) is 0.558. The Morgan fingerprint density at radius 3 is 2.65 bits per heavy atom. The van der Waals surface area contributed by atoms with Crippen LogP contribution in [0.3, 0.4) is 0 Å². The lowest BCUT2D eigenvalue weighted by atomic mass is 10.2. The van der Waals surface area contributed by atoms with Gasteiger partial charge in [0.15, 0.2) is 0 Å². The van der Waals surface area contributed by atoms with Gasteiger partial charge in [0.25, 0.3) is 11.2 Å². The molecule has 0 radical (unpaired) electrons. The zero-order valence-corrected chi connectivity index (χ0v) is 14.0. The number of aryl methyl sites for hydroxylation is 1. The molecule has 0 unspecified atom stereocenters. The van der Waals surface area contributed by atoms with Crippen LogP contribution in [0, 0.1) is 17.0 Å². The van der Waals surface area contributed by atoms with Crippen LogP contribution in [-0.4, -0.2) is 20.4 Å². The van der Waals surface area contributed by atoms with Gasteiger partial charge in [-0.25, -0.2) is 4.98 Å². The topological polar surface area (TPSA) is 107 Å². The Labute approximate surface area is 148 Å². The Morgan fingerprint density at radius 2 is 1.88 bits per heavy atom. The van der Waals surface area contributed by atoms with Gasteiger partial charge in [-0.3, -0.25) is 24.3 Å². The van der Waals surface area contributed by atoms with Crippen LogP contribution in [-0.2, 0) is 17.9 Å². The summed E-state index contributed by atoms with van der Waals surface area (Å²) in [5.41, 5.74) is 0.612. The van der Waals surface area contributed by atoms with E-state index >= 15 is 0 Å². The summed E-state index contributed by atoms with van der Waals surface area (Å²) in [5.74, 6) is -0.0000243. The number of nitrogens with one attached hydrogen (secondary N) is 1. The molecule has 0 atom stereocenters. The number of nitro benzene ring substituents is 1. The van der Waals surface area contributed by atoms with Gasteiger partial charge in [0.05, 0.1) is 15.8 Å². The molecule has 3 aromatic rings. The molecular weight excluding hydrogens is 336 g/mol. The number of carbonyl (C=O) groups excluding carboxylic acids is 1. The number of amides is 1. The molecule has 132 valence electrons. The zero-order chi connectivity index (χ0) is 18.7. The van der Waals surface area contributed by atoms with Crippen molar-refractivity contribution in [3.63, 3.8) is 0 Å². The highest BCUT2D eigenvalue weighted by Crippen LogP contribution is 2.17. The SMILES string of the molecule is Cc1nc2ccccc2c(=O)n1CC(=O)NCc1ccccc1[N+](=O)[O-]. The van der Waals surface area contributed by atoms with Crippen molar-refractivity contribution in [1.29, 1.82) is 0 Å². The maximum absolute atomic E-state index is 12.6. The molecule has 2 aromatic carbocycles. The fraction of sp³-hybridized carbons (Fsp3) is 0.167. The van der Waals surface area contributed by atoms with Gasteiger partial charge in [-0.2, -0.15) is 0 Å². The van der Waals surface area contributed by atoms with Gasteiger partial charge in [-0.05, 0) is 19.1 Å². The molecule has 0 saturated heterocycles. The van der Waals surface area contributed by atoms with Crippen molar-refractivity contribution in [2.45, 2.75) is 20.0 Å². The third-order valence-electron chi connectivity index (χ3n) is 4.02. The number of carbonyl (C=O) groups is 1. The maximum atomic E-state index is 12.6. The van der Waals surface area contributed by atoms with E-state index in [-0.39, 0.29) is 24.3 Å². The smallest absolute Gasteiger partial charge is 0.274 e. The molecule has 1 N–H and O–H groups in total. The van der Waals surface area contributed by atoms with Gasteiger partial charge in [-0.1, -0.05) is 30.3 Å². The van der Waals surface area contributed by atoms with Crippen molar-refractivity contribution < 1.29 is 9.72 Å². The first-order valence-electron chi connectivity index (χ1n) is 7.92. The lowest BCUT2D eigenvalue weighted by molar-refractivity contribution is -0.385. The number of benzene rings is 2. The predicted octanol–water partition coefficient (Wildman–Crippen LogP) is 1.93. The predicted molar refractivity (Wildman–Crippen MR) is 95.7 cm³/mol. The van der Waals surface area contributed by atoms with E-state index in [4.69, 9.17) is 0 Å². The molecule has 3 rings (SSSR count). The highest BCUT2D eigenvalue weighted by Gasteiger charge is 2.15. The van der Waals surface area contributed by atoms with E-state index in [0.29, 0.717) is 22.3 Å². The molecule has 0 spiro atoms. The first kappa shape index (κ1) is 17.3. The molecule has 1 aromatic heterocycles. The standard InChI is InChI=1S/C18H16N4O4/c1-12-20-15-8-4-3-7-14(15)18(24)21(12)11-17(23)19-10-13-6-2-5-9-16(13)22(25)26/h2-9H,10-11H2,1H3,(H,19,23). The van der Waals surface area contributed by atoms with Crippen LogP contribution < -0.4 is 10.9 Å². The number of aromatic nitrogens is 2. The molecule has 8 nitrogen and oxygen atoms in total. The molecule has 1 heterocycles. The van der Waals surface area contributed by atoms with Crippen molar-refractivity contribution in [3.8, 4) is 0 Å². The molecule has 8 heteroatoms. The third-order valence-corrected chi connectivity index (χ3v) is 4.02. The number of para-hydroxylation sites is 2. The van der Waals surface area contributed by atoms with Gasteiger partial charge < -0.3 is 5.32 Å². The van der Waals surface area contributed by atoms with Crippen LogP contribution >= 0.6 is 0 Å². The normalized spacial score (nSPS) is 10.7. The minimum atomic E-state index is -0.497. The van der Waals surface area contributed by atoms with Crippen LogP contribution in [0.2, 0.25) is 0 Å². The van der Waals surface area contributed by atoms with Crippen LogP contribution in [0.4, 0.5) is 5.69 Å². The van der Waals surface area contributed by atoms with Gasteiger partial charge in [0.1, 0.15) is 12.4 Å². The van der Waals surface area contributed by atoms with Crippen LogP contribution in [0.25, 0.3) is 10.9 Å². The Kier molecular flexibility index (Phi) is 4.74. The second kappa shape index (κ2) is 7.14. The molecule has 0 saturated carbocycles. The molecular formula is C18H16N4O4. The van der Waals surface area contributed by atoms with Crippen LogP contribution in [0.1, 0.15) is 11.4 Å². The molecule has 0 aliphatic heterocycles. The van der Waals surface area contributed by atoms with E-state index < -0.39 is 10.8 Å². The van der Waals surface area contributed by atoms with Crippen molar-refractivity contribution in [1.82, 2.24) is 14.9 Å². The maximum Gasteiger partial charge on any atom is 0.274 e. The fourth-order valence-corrected chi connectivity index (χ4v) is 2.70. The summed E-state index contributed by atoms with van der Waals surface area (Å²) in [4.78, 5) is 39.6. The molecule has 0 fully saturated rings. The van der Waals surface area contributed by atoms with Crippen molar-refractivity contribution >= 4 is 22.5 Å². The highest BCUT2D eigenvalue weighted by molar-refractivity contribution is 5.79. The zero-order valence-electron chi connectivity index (χ0n) is 14.0. The van der Waals surface area contributed by atoms with Crippen molar-refractivity contribution in [3.05, 3.63) is 80.4 Å². The van der Waals surface area contributed by atoms with E-state index in [1.54, 1.807) is 49.4 Å². The van der Waals surface area contributed by atoms with Crippen LogP contribution in [0.5, 0.6) is 0 Å². The number of nitrogens with zero attached hydrogens (tertiary/aromatic N) is 3. The van der Waals surface area contributed by atoms with Gasteiger partial charge in [-0.15, -0.1) is 0 Å². The molecule has 0 bridgehead atoms. The fourth-order valence-electron chi connectivity index (χ4n) is 2.70. The lowest BCUT2D eigenvalue weighted by Gasteiger charge is -2.11. The number of hydrogen-bond acceptors (Lipinski definition) is 5. The van der Waals surface area contributed by atoms with Crippen molar-refractivity contribution in [2.75, 3.05) is 0 Å².